The number of ether oxygens (including phenoxy) is 1. The van der Waals surface area contributed by atoms with Crippen LogP contribution in [0.3, 0.4) is 0 Å². The molecule has 0 amide bonds. The molecule has 4 heteroatoms. The van der Waals surface area contributed by atoms with Crippen LogP contribution in [0, 0.1) is 0 Å². The Hall–Kier alpha value is -0.900. The SMILES string of the molecule is COc1cc(O)c(N)cc1Br. The number of nitrogen functional groups attached to an aromatic ring is 1. The molecule has 3 N–H and O–H groups in total. The van der Waals surface area contributed by atoms with Crippen molar-refractivity contribution in [2.75, 3.05) is 12.8 Å². The molecule has 3 nitrogen and oxygen atoms in total. The van der Waals surface area contributed by atoms with E-state index in [1.807, 2.05) is 0 Å². The van der Waals surface area contributed by atoms with Crippen molar-refractivity contribution in [2.45, 2.75) is 0 Å². The molecule has 0 aliphatic rings. The highest BCUT2D eigenvalue weighted by Gasteiger charge is 2.03. The number of phenolic OH excluding ortho intramolecular Hbond substituents is 1. The molecule has 0 unspecified atom stereocenters. The van der Waals surface area contributed by atoms with Gasteiger partial charge in [0.2, 0.25) is 0 Å². The van der Waals surface area contributed by atoms with Gasteiger partial charge >= 0.3 is 0 Å². The first-order valence-electron chi connectivity index (χ1n) is 2.97. The highest BCUT2D eigenvalue weighted by molar-refractivity contribution is 9.10. The van der Waals surface area contributed by atoms with Crippen LogP contribution in [0.5, 0.6) is 11.5 Å². The van der Waals surface area contributed by atoms with Crippen LogP contribution in [0.1, 0.15) is 0 Å². The third kappa shape index (κ3) is 1.57. The van der Waals surface area contributed by atoms with Gasteiger partial charge in [-0.25, -0.2) is 0 Å². The number of nitrogens with two attached hydrogens (primary N) is 1. The number of hydrogen-bond acceptors (Lipinski definition) is 3. The second kappa shape index (κ2) is 3.00. The molecule has 60 valence electrons. The summed E-state index contributed by atoms with van der Waals surface area (Å²) in [7, 11) is 1.52. The standard InChI is InChI=1S/C7H8BrNO2/c1-11-7-3-6(10)5(9)2-4(7)8/h2-3,10H,9H2,1H3. The summed E-state index contributed by atoms with van der Waals surface area (Å²) in [6.07, 6.45) is 0. The number of halogens is 1. The third-order valence-electron chi connectivity index (χ3n) is 1.30. The van der Waals surface area contributed by atoms with Gasteiger partial charge in [-0.2, -0.15) is 0 Å². The molecule has 0 spiro atoms. The number of phenols is 1. The minimum absolute atomic E-state index is 0.0325. The fraction of sp³-hybridized carbons (Fsp3) is 0.143. The predicted molar refractivity (Wildman–Crippen MR) is 46.8 cm³/mol. The second-order valence-electron chi connectivity index (χ2n) is 2.05. The van der Waals surface area contributed by atoms with E-state index in [0.29, 0.717) is 11.4 Å². The topological polar surface area (TPSA) is 55.5 Å². The first-order chi connectivity index (χ1) is 5.15. The molecular weight excluding hydrogens is 210 g/mol. The molecule has 0 saturated heterocycles. The Balaban J connectivity index is 3.21. The van der Waals surface area contributed by atoms with E-state index in [4.69, 9.17) is 15.6 Å². The summed E-state index contributed by atoms with van der Waals surface area (Å²) in [4.78, 5) is 0. The van der Waals surface area contributed by atoms with Gasteiger partial charge in [-0.15, -0.1) is 0 Å². The smallest absolute Gasteiger partial charge is 0.142 e. The summed E-state index contributed by atoms with van der Waals surface area (Å²) in [5, 5.41) is 9.13. The fourth-order valence-electron chi connectivity index (χ4n) is 0.714. The Bertz CT molecular complexity index is 275. The molecule has 0 radical (unpaired) electrons. The number of rotatable bonds is 1. The highest BCUT2D eigenvalue weighted by Crippen LogP contribution is 2.33. The summed E-state index contributed by atoms with van der Waals surface area (Å²) >= 11 is 3.23. The summed E-state index contributed by atoms with van der Waals surface area (Å²) in [6, 6.07) is 3.05. The second-order valence-corrected chi connectivity index (χ2v) is 2.90. The van der Waals surface area contributed by atoms with Gasteiger partial charge in [-0.05, 0) is 22.0 Å². The minimum atomic E-state index is 0.0325. The molecule has 11 heavy (non-hydrogen) atoms. The summed E-state index contributed by atoms with van der Waals surface area (Å²) < 4.78 is 5.65. The molecule has 1 rings (SSSR count). The van der Waals surface area contributed by atoms with Gasteiger partial charge in [0.15, 0.2) is 0 Å². The number of methoxy groups -OCH3 is 1. The Kier molecular flexibility index (Phi) is 2.24. The average molecular weight is 218 g/mol. The average Bonchev–Trinajstić information content (AvgIpc) is 1.97. The quantitative estimate of drug-likeness (QED) is 0.557. The normalized spacial score (nSPS) is 9.64. The van der Waals surface area contributed by atoms with Gasteiger partial charge < -0.3 is 15.6 Å². The van der Waals surface area contributed by atoms with E-state index >= 15 is 0 Å². The summed E-state index contributed by atoms with van der Waals surface area (Å²) in [5.74, 6) is 0.599. The van der Waals surface area contributed by atoms with E-state index in [1.165, 1.54) is 13.2 Å². The molecule has 0 fully saturated rings. The molecule has 0 heterocycles. The van der Waals surface area contributed by atoms with E-state index < -0.39 is 0 Å². The van der Waals surface area contributed by atoms with Crippen LogP contribution in [0.4, 0.5) is 5.69 Å². The molecule has 0 aromatic heterocycles. The van der Waals surface area contributed by atoms with E-state index in [-0.39, 0.29) is 5.75 Å². The third-order valence-corrected chi connectivity index (χ3v) is 1.92. The van der Waals surface area contributed by atoms with Crippen molar-refractivity contribution in [1.82, 2.24) is 0 Å². The van der Waals surface area contributed by atoms with E-state index in [9.17, 15) is 0 Å². The van der Waals surface area contributed by atoms with Crippen molar-refractivity contribution >= 4 is 21.6 Å². The van der Waals surface area contributed by atoms with Crippen LogP contribution >= 0.6 is 15.9 Å². The lowest BCUT2D eigenvalue weighted by molar-refractivity contribution is 0.405. The van der Waals surface area contributed by atoms with Crippen LogP contribution in [-0.4, -0.2) is 12.2 Å². The van der Waals surface area contributed by atoms with Gasteiger partial charge in [0.25, 0.3) is 0 Å². The molecule has 1 aromatic rings. The molecule has 0 aliphatic carbocycles. The van der Waals surface area contributed by atoms with Crippen molar-refractivity contribution in [1.29, 1.82) is 0 Å². The summed E-state index contributed by atoms with van der Waals surface area (Å²) in [6.45, 7) is 0. The molecular formula is C7H8BrNO2. The summed E-state index contributed by atoms with van der Waals surface area (Å²) in [5.41, 5.74) is 5.74. The first kappa shape index (κ1) is 8.20. The molecule has 0 aliphatic heterocycles. The molecule has 0 saturated carbocycles. The van der Waals surface area contributed by atoms with E-state index in [1.54, 1.807) is 6.07 Å². The fourth-order valence-corrected chi connectivity index (χ4v) is 1.24. The minimum Gasteiger partial charge on any atom is -0.506 e. The maximum absolute atomic E-state index is 9.13. The van der Waals surface area contributed by atoms with Crippen molar-refractivity contribution < 1.29 is 9.84 Å². The lowest BCUT2D eigenvalue weighted by Crippen LogP contribution is -1.89. The van der Waals surface area contributed by atoms with Crippen molar-refractivity contribution in [3.63, 3.8) is 0 Å². The molecule has 1 aromatic carbocycles. The molecule has 0 bridgehead atoms. The monoisotopic (exact) mass is 217 g/mol. The highest BCUT2D eigenvalue weighted by atomic mass is 79.9. The van der Waals surface area contributed by atoms with Crippen LogP contribution in [-0.2, 0) is 0 Å². The van der Waals surface area contributed by atoms with Crippen molar-refractivity contribution in [3.8, 4) is 11.5 Å². The van der Waals surface area contributed by atoms with Gasteiger partial charge in [0.05, 0.1) is 17.3 Å². The zero-order chi connectivity index (χ0) is 8.43. The van der Waals surface area contributed by atoms with Crippen molar-refractivity contribution in [3.05, 3.63) is 16.6 Å². The van der Waals surface area contributed by atoms with Crippen LogP contribution in [0.25, 0.3) is 0 Å². The zero-order valence-corrected chi connectivity index (χ0v) is 7.55. The first-order valence-corrected chi connectivity index (χ1v) is 3.76. The number of aromatic hydroxyl groups is 1. The Morgan fingerprint density at radius 2 is 2.18 bits per heavy atom. The Labute approximate surface area is 72.9 Å². The van der Waals surface area contributed by atoms with Crippen LogP contribution in [0.2, 0.25) is 0 Å². The van der Waals surface area contributed by atoms with E-state index in [2.05, 4.69) is 15.9 Å². The Morgan fingerprint density at radius 1 is 1.55 bits per heavy atom. The number of benzene rings is 1. The number of anilines is 1. The largest absolute Gasteiger partial charge is 0.506 e. The van der Waals surface area contributed by atoms with Gasteiger partial charge in [0.1, 0.15) is 11.5 Å². The van der Waals surface area contributed by atoms with Crippen LogP contribution in [0.15, 0.2) is 16.6 Å². The van der Waals surface area contributed by atoms with Gasteiger partial charge in [-0.3, -0.25) is 0 Å². The van der Waals surface area contributed by atoms with Gasteiger partial charge in [0, 0.05) is 6.07 Å². The number of hydrogen-bond donors (Lipinski definition) is 2. The molecule has 0 atom stereocenters. The lowest BCUT2D eigenvalue weighted by Gasteiger charge is -2.04. The van der Waals surface area contributed by atoms with Crippen molar-refractivity contribution in [2.24, 2.45) is 0 Å². The Morgan fingerprint density at radius 3 is 2.73 bits per heavy atom. The lowest BCUT2D eigenvalue weighted by atomic mass is 10.3. The predicted octanol–water partition coefficient (Wildman–Crippen LogP) is 1.75. The maximum Gasteiger partial charge on any atom is 0.142 e. The van der Waals surface area contributed by atoms with Crippen LogP contribution < -0.4 is 10.5 Å². The van der Waals surface area contributed by atoms with E-state index in [0.717, 1.165) is 4.47 Å². The van der Waals surface area contributed by atoms with Gasteiger partial charge in [-0.1, -0.05) is 0 Å². The zero-order valence-electron chi connectivity index (χ0n) is 5.97. The maximum atomic E-state index is 9.13.